The van der Waals surface area contributed by atoms with E-state index in [1.54, 1.807) is 0 Å². The molecule has 4 nitrogen and oxygen atoms in total. The first-order chi connectivity index (χ1) is 9.87. The number of carbonyl (C=O) groups is 1. The average molecular weight is 301 g/mol. The number of carboxylic acids is 1. The predicted octanol–water partition coefficient (Wildman–Crippen LogP) is 3.83. The van der Waals surface area contributed by atoms with E-state index in [9.17, 15) is 9.90 Å². The van der Waals surface area contributed by atoms with Crippen LogP contribution < -0.4 is 5.73 Å². The van der Waals surface area contributed by atoms with E-state index >= 15 is 0 Å². The molecule has 0 fully saturated rings. The van der Waals surface area contributed by atoms with Crippen molar-refractivity contribution in [2.45, 2.75) is 78.7 Å². The van der Waals surface area contributed by atoms with Crippen LogP contribution in [0.4, 0.5) is 0 Å². The van der Waals surface area contributed by atoms with Crippen LogP contribution in [0.3, 0.4) is 0 Å². The number of ether oxygens (including phenoxy) is 1. The van der Waals surface area contributed by atoms with Crippen LogP contribution >= 0.6 is 0 Å². The summed E-state index contributed by atoms with van der Waals surface area (Å²) in [6, 6.07) is 0. The van der Waals surface area contributed by atoms with Crippen molar-refractivity contribution in [2.75, 3.05) is 13.2 Å². The van der Waals surface area contributed by atoms with Crippen molar-refractivity contribution in [1.29, 1.82) is 0 Å². The van der Waals surface area contributed by atoms with Gasteiger partial charge in [0.25, 0.3) is 0 Å². The van der Waals surface area contributed by atoms with Crippen molar-refractivity contribution in [3.05, 3.63) is 0 Å². The molecule has 0 amide bonds. The highest BCUT2D eigenvalue weighted by Crippen LogP contribution is 2.35. The highest BCUT2D eigenvalue weighted by molar-refractivity contribution is 5.74. The molecule has 0 saturated carbocycles. The fourth-order valence-corrected chi connectivity index (χ4v) is 3.17. The van der Waals surface area contributed by atoms with Gasteiger partial charge in [0.1, 0.15) is 0 Å². The number of hydrogen-bond acceptors (Lipinski definition) is 3. The number of hydrogen-bond donors (Lipinski definition) is 2. The third kappa shape index (κ3) is 4.96. The summed E-state index contributed by atoms with van der Waals surface area (Å²) >= 11 is 0. The first kappa shape index (κ1) is 20.4. The summed E-state index contributed by atoms with van der Waals surface area (Å²) in [5.74, 6) is -0.283. The number of aliphatic carboxylic acids is 1. The highest BCUT2D eigenvalue weighted by Gasteiger charge is 2.37. The quantitative estimate of drug-likeness (QED) is 0.574. The topological polar surface area (TPSA) is 72.5 Å². The lowest BCUT2D eigenvalue weighted by molar-refractivity contribution is -0.153. The number of nitrogens with two attached hydrogens (primary N) is 1. The van der Waals surface area contributed by atoms with Gasteiger partial charge in [-0.25, -0.2) is 0 Å². The molecule has 2 atom stereocenters. The maximum absolute atomic E-state index is 11.5. The lowest BCUT2D eigenvalue weighted by Crippen LogP contribution is -2.42. The first-order valence-corrected chi connectivity index (χ1v) is 8.45. The standard InChI is InChI=1S/C17H35NO3/c1-6-14(5)17(9-4,10-12-18)21-13-11-16(7-2,8-3)15(19)20/h14H,6-13,18H2,1-5H3,(H,19,20). The summed E-state index contributed by atoms with van der Waals surface area (Å²) in [5, 5.41) is 9.49. The maximum atomic E-state index is 11.5. The maximum Gasteiger partial charge on any atom is 0.309 e. The Hall–Kier alpha value is -0.610. The van der Waals surface area contributed by atoms with E-state index < -0.39 is 11.4 Å². The molecule has 0 aliphatic heterocycles. The molecule has 0 spiro atoms. The van der Waals surface area contributed by atoms with E-state index in [2.05, 4.69) is 20.8 Å². The van der Waals surface area contributed by atoms with Crippen LogP contribution in [0.1, 0.15) is 73.1 Å². The van der Waals surface area contributed by atoms with Gasteiger partial charge in [-0.3, -0.25) is 4.79 Å². The van der Waals surface area contributed by atoms with E-state index in [1.807, 2.05) is 13.8 Å². The molecular formula is C17H35NO3. The Bertz CT molecular complexity index is 302. The van der Waals surface area contributed by atoms with Crippen molar-refractivity contribution in [1.82, 2.24) is 0 Å². The molecule has 0 aromatic heterocycles. The molecule has 0 radical (unpaired) electrons. The second-order valence-electron chi connectivity index (χ2n) is 6.16. The van der Waals surface area contributed by atoms with Gasteiger partial charge < -0.3 is 15.6 Å². The minimum atomic E-state index is -0.708. The summed E-state index contributed by atoms with van der Waals surface area (Å²) in [6.07, 6.45) is 4.63. The minimum absolute atomic E-state index is 0.213. The lowest BCUT2D eigenvalue weighted by atomic mass is 9.79. The number of carboxylic acid groups (broad SMARTS) is 1. The molecule has 0 aliphatic carbocycles. The van der Waals surface area contributed by atoms with Gasteiger partial charge in [0.05, 0.1) is 11.0 Å². The van der Waals surface area contributed by atoms with Crippen LogP contribution in [0.5, 0.6) is 0 Å². The largest absolute Gasteiger partial charge is 0.481 e. The summed E-state index contributed by atoms with van der Waals surface area (Å²) in [5.41, 5.74) is 4.90. The SMILES string of the molecule is CCC(C)C(CC)(CCN)OCCC(CC)(CC)C(=O)O. The van der Waals surface area contributed by atoms with Crippen LogP contribution in [-0.4, -0.2) is 29.8 Å². The summed E-state index contributed by atoms with van der Waals surface area (Å²) in [4.78, 5) is 11.5. The van der Waals surface area contributed by atoms with Crippen LogP contribution in [0.15, 0.2) is 0 Å². The molecule has 0 bridgehead atoms. The Balaban J connectivity index is 4.87. The molecule has 0 aliphatic rings. The zero-order valence-corrected chi connectivity index (χ0v) is 14.6. The van der Waals surface area contributed by atoms with E-state index in [-0.39, 0.29) is 5.60 Å². The van der Waals surface area contributed by atoms with Crippen LogP contribution in [0.2, 0.25) is 0 Å². The molecule has 0 aromatic carbocycles. The Morgan fingerprint density at radius 3 is 2.05 bits per heavy atom. The van der Waals surface area contributed by atoms with Crippen molar-refractivity contribution < 1.29 is 14.6 Å². The van der Waals surface area contributed by atoms with Gasteiger partial charge in [0.2, 0.25) is 0 Å². The van der Waals surface area contributed by atoms with Crippen LogP contribution in [0, 0.1) is 11.3 Å². The summed E-state index contributed by atoms with van der Waals surface area (Å²) < 4.78 is 6.24. The molecule has 3 N–H and O–H groups in total. The van der Waals surface area contributed by atoms with Crippen molar-refractivity contribution in [3.8, 4) is 0 Å². The van der Waals surface area contributed by atoms with Gasteiger partial charge in [-0.05, 0) is 44.6 Å². The zero-order valence-electron chi connectivity index (χ0n) is 14.6. The Kier molecular flexibility index (Phi) is 9.14. The lowest BCUT2D eigenvalue weighted by Gasteiger charge is -2.39. The fourth-order valence-electron chi connectivity index (χ4n) is 3.17. The smallest absolute Gasteiger partial charge is 0.309 e. The summed E-state index contributed by atoms with van der Waals surface area (Å²) in [6.45, 7) is 11.5. The Morgan fingerprint density at radius 1 is 1.14 bits per heavy atom. The van der Waals surface area contributed by atoms with Gasteiger partial charge in [-0.15, -0.1) is 0 Å². The third-order valence-corrected chi connectivity index (χ3v) is 5.45. The Labute approximate surface area is 130 Å². The van der Waals surface area contributed by atoms with Crippen molar-refractivity contribution >= 4 is 5.97 Å². The monoisotopic (exact) mass is 301 g/mol. The van der Waals surface area contributed by atoms with Gasteiger partial charge in [0, 0.05) is 6.61 Å². The molecule has 0 saturated heterocycles. The number of rotatable bonds is 12. The average Bonchev–Trinajstić information content (AvgIpc) is 2.49. The van der Waals surface area contributed by atoms with Crippen LogP contribution in [0.25, 0.3) is 0 Å². The predicted molar refractivity (Wildman–Crippen MR) is 87.4 cm³/mol. The van der Waals surface area contributed by atoms with E-state index in [4.69, 9.17) is 10.5 Å². The van der Waals surface area contributed by atoms with Crippen molar-refractivity contribution in [2.24, 2.45) is 17.1 Å². The molecule has 0 heterocycles. The third-order valence-electron chi connectivity index (χ3n) is 5.45. The molecule has 126 valence electrons. The van der Waals surface area contributed by atoms with Gasteiger partial charge in [0.15, 0.2) is 0 Å². The van der Waals surface area contributed by atoms with Gasteiger partial charge in [-0.2, -0.15) is 0 Å². The van der Waals surface area contributed by atoms with Gasteiger partial charge >= 0.3 is 5.97 Å². The minimum Gasteiger partial charge on any atom is -0.481 e. The van der Waals surface area contributed by atoms with E-state index in [0.29, 0.717) is 38.3 Å². The second kappa shape index (κ2) is 9.42. The van der Waals surface area contributed by atoms with Crippen molar-refractivity contribution in [3.63, 3.8) is 0 Å². The first-order valence-electron chi connectivity index (χ1n) is 8.45. The molecule has 2 unspecified atom stereocenters. The summed E-state index contributed by atoms with van der Waals surface area (Å²) in [7, 11) is 0. The van der Waals surface area contributed by atoms with E-state index in [1.165, 1.54) is 0 Å². The normalized spacial score (nSPS) is 16.5. The molecule has 4 heteroatoms. The fraction of sp³-hybridized carbons (Fsp3) is 0.941. The molecule has 0 aromatic rings. The zero-order chi connectivity index (χ0) is 16.5. The molecular weight excluding hydrogens is 266 g/mol. The molecule has 0 rings (SSSR count). The second-order valence-corrected chi connectivity index (χ2v) is 6.16. The highest BCUT2D eigenvalue weighted by atomic mass is 16.5. The van der Waals surface area contributed by atoms with Gasteiger partial charge in [-0.1, -0.05) is 41.0 Å². The van der Waals surface area contributed by atoms with E-state index in [0.717, 1.165) is 19.3 Å². The Morgan fingerprint density at radius 2 is 1.71 bits per heavy atom. The molecule has 21 heavy (non-hydrogen) atoms. The van der Waals surface area contributed by atoms with Crippen LogP contribution in [-0.2, 0) is 9.53 Å².